The Labute approximate surface area is 108 Å². The van der Waals surface area contributed by atoms with Crippen LogP contribution in [0.25, 0.3) is 0 Å². The van der Waals surface area contributed by atoms with Gasteiger partial charge in [0.15, 0.2) is 0 Å². The van der Waals surface area contributed by atoms with Crippen molar-refractivity contribution in [2.45, 2.75) is 52.0 Å². The molecule has 0 bridgehead atoms. The van der Waals surface area contributed by atoms with Crippen LogP contribution in [0.3, 0.4) is 0 Å². The maximum Gasteiger partial charge on any atom is 0.247 e. The average Bonchev–Trinajstić information content (AvgIpc) is 2.96. The summed E-state index contributed by atoms with van der Waals surface area (Å²) in [4.78, 5) is 14.2. The van der Waals surface area contributed by atoms with Crippen LogP contribution in [0, 0.1) is 0 Å². The zero-order valence-corrected chi connectivity index (χ0v) is 11.7. The Morgan fingerprint density at radius 3 is 2.44 bits per heavy atom. The van der Waals surface area contributed by atoms with Gasteiger partial charge < -0.3 is 4.90 Å². The highest BCUT2D eigenvalue weighted by Crippen LogP contribution is 2.21. The van der Waals surface area contributed by atoms with Gasteiger partial charge in [0, 0.05) is 24.7 Å². The van der Waals surface area contributed by atoms with Crippen molar-refractivity contribution in [3.63, 3.8) is 0 Å². The SMILES string of the molecule is CC(C(=O)N1CCCC1)n1cc(C(C)(C)C)nn1. The largest absolute Gasteiger partial charge is 0.341 e. The predicted octanol–water partition coefficient (Wildman–Crippen LogP) is 1.76. The Hall–Kier alpha value is -1.39. The van der Waals surface area contributed by atoms with E-state index in [0.717, 1.165) is 31.6 Å². The van der Waals surface area contributed by atoms with Crippen molar-refractivity contribution in [3.8, 4) is 0 Å². The van der Waals surface area contributed by atoms with Crippen molar-refractivity contribution in [1.29, 1.82) is 0 Å². The molecular weight excluding hydrogens is 228 g/mol. The summed E-state index contributed by atoms with van der Waals surface area (Å²) in [5, 5.41) is 8.25. The lowest BCUT2D eigenvalue weighted by Gasteiger charge is -2.20. The molecule has 1 aliphatic rings. The smallest absolute Gasteiger partial charge is 0.247 e. The number of aromatic nitrogens is 3. The monoisotopic (exact) mass is 250 g/mol. The van der Waals surface area contributed by atoms with Gasteiger partial charge in [0.05, 0.1) is 5.69 Å². The van der Waals surface area contributed by atoms with Crippen molar-refractivity contribution >= 4 is 5.91 Å². The number of likely N-dealkylation sites (tertiary alicyclic amines) is 1. The molecule has 0 radical (unpaired) electrons. The summed E-state index contributed by atoms with van der Waals surface area (Å²) in [7, 11) is 0. The topological polar surface area (TPSA) is 51.0 Å². The van der Waals surface area contributed by atoms with Gasteiger partial charge in [-0.2, -0.15) is 0 Å². The van der Waals surface area contributed by atoms with Crippen LogP contribution in [-0.2, 0) is 10.2 Å². The Kier molecular flexibility index (Phi) is 3.41. The standard InChI is InChI=1S/C13H22N4O/c1-10(12(18)16-7-5-6-8-16)17-9-11(14-15-17)13(2,3)4/h9-10H,5-8H2,1-4H3. The molecule has 1 aliphatic heterocycles. The average molecular weight is 250 g/mol. The Morgan fingerprint density at radius 2 is 1.94 bits per heavy atom. The molecule has 1 atom stereocenters. The van der Waals surface area contributed by atoms with E-state index in [2.05, 4.69) is 31.1 Å². The minimum absolute atomic E-state index is 0.0331. The number of amides is 1. The molecule has 5 nitrogen and oxygen atoms in total. The van der Waals surface area contributed by atoms with E-state index in [1.54, 1.807) is 4.68 Å². The first-order valence-electron chi connectivity index (χ1n) is 6.60. The van der Waals surface area contributed by atoms with E-state index in [1.165, 1.54) is 0 Å². The summed E-state index contributed by atoms with van der Waals surface area (Å²) in [6, 6.07) is -0.258. The van der Waals surface area contributed by atoms with E-state index in [9.17, 15) is 4.79 Å². The van der Waals surface area contributed by atoms with Gasteiger partial charge >= 0.3 is 0 Å². The van der Waals surface area contributed by atoms with Gasteiger partial charge in [-0.25, -0.2) is 4.68 Å². The minimum atomic E-state index is -0.258. The Bertz CT molecular complexity index is 426. The molecule has 1 aromatic rings. The second-order valence-corrected chi connectivity index (χ2v) is 6.04. The number of hydrogen-bond donors (Lipinski definition) is 0. The fourth-order valence-corrected chi connectivity index (χ4v) is 2.12. The summed E-state index contributed by atoms with van der Waals surface area (Å²) >= 11 is 0. The van der Waals surface area contributed by atoms with E-state index in [4.69, 9.17) is 0 Å². The molecule has 5 heteroatoms. The highest BCUT2D eigenvalue weighted by atomic mass is 16.2. The quantitative estimate of drug-likeness (QED) is 0.803. The molecule has 1 fully saturated rings. The zero-order valence-electron chi connectivity index (χ0n) is 11.7. The molecule has 0 aromatic carbocycles. The van der Waals surface area contributed by atoms with Gasteiger partial charge in [0.25, 0.3) is 0 Å². The molecule has 0 spiro atoms. The molecule has 1 saturated heterocycles. The lowest BCUT2D eigenvalue weighted by atomic mass is 9.93. The van der Waals surface area contributed by atoms with E-state index in [1.807, 2.05) is 18.0 Å². The second-order valence-electron chi connectivity index (χ2n) is 6.04. The molecule has 100 valence electrons. The first-order valence-corrected chi connectivity index (χ1v) is 6.60. The molecule has 0 aliphatic carbocycles. The van der Waals surface area contributed by atoms with E-state index < -0.39 is 0 Å². The second kappa shape index (κ2) is 4.71. The number of hydrogen-bond acceptors (Lipinski definition) is 3. The molecule has 1 amide bonds. The highest BCUT2D eigenvalue weighted by Gasteiger charge is 2.26. The van der Waals surface area contributed by atoms with Crippen molar-refractivity contribution in [2.24, 2.45) is 0 Å². The molecule has 1 unspecified atom stereocenters. The van der Waals surface area contributed by atoms with Crippen LogP contribution in [0.2, 0.25) is 0 Å². The number of nitrogens with zero attached hydrogens (tertiary/aromatic N) is 4. The Morgan fingerprint density at radius 1 is 1.33 bits per heavy atom. The maximum atomic E-state index is 12.2. The molecule has 2 heterocycles. The summed E-state index contributed by atoms with van der Waals surface area (Å²) in [5.41, 5.74) is 0.887. The number of carbonyl (C=O) groups excluding carboxylic acids is 1. The highest BCUT2D eigenvalue weighted by molar-refractivity contribution is 5.80. The summed E-state index contributed by atoms with van der Waals surface area (Å²) in [5.74, 6) is 0.151. The molecule has 2 rings (SSSR count). The van der Waals surface area contributed by atoms with E-state index in [-0.39, 0.29) is 17.4 Å². The van der Waals surface area contributed by atoms with E-state index in [0.29, 0.717) is 0 Å². The predicted molar refractivity (Wildman–Crippen MR) is 69.2 cm³/mol. The summed E-state index contributed by atoms with van der Waals surface area (Å²) in [6.07, 6.45) is 4.12. The van der Waals surface area contributed by atoms with E-state index >= 15 is 0 Å². The fraction of sp³-hybridized carbons (Fsp3) is 0.769. The van der Waals surface area contributed by atoms with Crippen molar-refractivity contribution in [1.82, 2.24) is 19.9 Å². The normalized spacial score (nSPS) is 18.1. The first-order chi connectivity index (χ1) is 8.39. The lowest BCUT2D eigenvalue weighted by Crippen LogP contribution is -2.34. The Balaban J connectivity index is 2.11. The zero-order chi connectivity index (χ0) is 13.3. The van der Waals surface area contributed by atoms with Crippen LogP contribution in [0.5, 0.6) is 0 Å². The van der Waals surface area contributed by atoms with Crippen LogP contribution in [0.15, 0.2) is 6.20 Å². The van der Waals surface area contributed by atoms with Crippen molar-refractivity contribution in [3.05, 3.63) is 11.9 Å². The van der Waals surface area contributed by atoms with Crippen LogP contribution < -0.4 is 0 Å². The molecule has 0 N–H and O–H groups in total. The van der Waals surface area contributed by atoms with Crippen molar-refractivity contribution < 1.29 is 4.79 Å². The first kappa shape index (κ1) is 13.1. The lowest BCUT2D eigenvalue weighted by molar-refractivity contribution is -0.133. The number of rotatable bonds is 2. The maximum absolute atomic E-state index is 12.2. The third kappa shape index (κ3) is 2.54. The van der Waals surface area contributed by atoms with Crippen LogP contribution >= 0.6 is 0 Å². The molecular formula is C13H22N4O. The van der Waals surface area contributed by atoms with Gasteiger partial charge in [0.1, 0.15) is 6.04 Å². The van der Waals surface area contributed by atoms with Crippen LogP contribution in [0.4, 0.5) is 0 Å². The van der Waals surface area contributed by atoms with Gasteiger partial charge in [-0.05, 0) is 19.8 Å². The van der Waals surface area contributed by atoms with Crippen molar-refractivity contribution in [2.75, 3.05) is 13.1 Å². The molecule has 1 aromatic heterocycles. The molecule has 0 saturated carbocycles. The van der Waals surface area contributed by atoms with Gasteiger partial charge in [-0.3, -0.25) is 4.79 Å². The van der Waals surface area contributed by atoms with Gasteiger partial charge in [-0.1, -0.05) is 26.0 Å². The third-order valence-electron chi connectivity index (χ3n) is 3.45. The van der Waals surface area contributed by atoms with Gasteiger partial charge in [-0.15, -0.1) is 5.10 Å². The minimum Gasteiger partial charge on any atom is -0.341 e. The number of carbonyl (C=O) groups is 1. The van der Waals surface area contributed by atoms with Crippen LogP contribution in [0.1, 0.15) is 52.3 Å². The summed E-state index contributed by atoms with van der Waals surface area (Å²) < 4.78 is 1.68. The fourth-order valence-electron chi connectivity index (χ4n) is 2.12. The van der Waals surface area contributed by atoms with Gasteiger partial charge in [0.2, 0.25) is 5.91 Å². The van der Waals surface area contributed by atoms with Crippen LogP contribution in [-0.4, -0.2) is 38.9 Å². The summed E-state index contributed by atoms with van der Waals surface area (Å²) in [6.45, 7) is 9.92. The molecule has 18 heavy (non-hydrogen) atoms. The third-order valence-corrected chi connectivity index (χ3v) is 3.45.